The van der Waals surface area contributed by atoms with Gasteiger partial charge in [0, 0.05) is 29.1 Å². The summed E-state index contributed by atoms with van der Waals surface area (Å²) >= 11 is 7.50. The highest BCUT2D eigenvalue weighted by Gasteiger charge is 2.43. The van der Waals surface area contributed by atoms with Crippen LogP contribution < -0.4 is 10.1 Å². The van der Waals surface area contributed by atoms with E-state index in [1.165, 1.54) is 36.2 Å². The van der Waals surface area contributed by atoms with Crippen molar-refractivity contribution in [3.05, 3.63) is 70.3 Å². The number of thioether (sulfide) groups is 1. The van der Waals surface area contributed by atoms with E-state index in [0.717, 1.165) is 18.8 Å². The third-order valence-electron chi connectivity index (χ3n) is 4.52. The molecule has 1 aromatic carbocycles. The molecule has 1 aliphatic carbocycles. The highest BCUT2D eigenvalue weighted by molar-refractivity contribution is 8.03. The molecule has 1 aromatic rings. The quantitative estimate of drug-likeness (QED) is 0.532. The highest BCUT2D eigenvalue weighted by Crippen LogP contribution is 2.53. The molecule has 0 bridgehead atoms. The summed E-state index contributed by atoms with van der Waals surface area (Å²) in [5.41, 5.74) is -0.450. The fraction of sp³-hybridized carbons (Fsp3) is 0.250. The first-order valence-electron chi connectivity index (χ1n) is 8.98. The molecule has 11 heteroatoms. The fourth-order valence-electron chi connectivity index (χ4n) is 3.29. The van der Waals surface area contributed by atoms with Gasteiger partial charge in [-0.15, -0.1) is 24.9 Å². The van der Waals surface area contributed by atoms with Crippen molar-refractivity contribution in [3.63, 3.8) is 0 Å². The van der Waals surface area contributed by atoms with Crippen LogP contribution in [0.2, 0.25) is 0 Å². The van der Waals surface area contributed by atoms with E-state index in [4.69, 9.17) is 11.6 Å². The summed E-state index contributed by atoms with van der Waals surface area (Å²) in [5, 5.41) is 4.64. The molecule has 0 aromatic heterocycles. The molecule has 31 heavy (non-hydrogen) atoms. The maximum absolute atomic E-state index is 12.8. The molecule has 1 aliphatic heterocycles. The fourth-order valence-corrected chi connectivity index (χ4v) is 6.09. The monoisotopic (exact) mass is 491 g/mol. The van der Waals surface area contributed by atoms with Crippen molar-refractivity contribution in [1.82, 2.24) is 5.32 Å². The number of amides is 1. The van der Waals surface area contributed by atoms with Crippen LogP contribution in [0.15, 0.2) is 64.7 Å². The average Bonchev–Trinajstić information content (AvgIpc) is 3.02. The standard InChI is InChI=1S/C20H18ClF3NO4PS/c1-30(27,28)18(16-11-31-17-6-5-13(21)10-15(16)17)19(26)25-8-7-12-3-2-4-14(9-12)29-20(22,23)24/h2-11,15,17-18H,1H3,(H,25,26)(H,27,28)/b8-7+. The Balaban J connectivity index is 1.74. The van der Waals surface area contributed by atoms with Crippen LogP contribution in [0.4, 0.5) is 13.2 Å². The summed E-state index contributed by atoms with van der Waals surface area (Å²) in [6.45, 7) is 1.11. The molecule has 0 saturated heterocycles. The van der Waals surface area contributed by atoms with Crippen molar-refractivity contribution in [2.45, 2.75) is 17.3 Å². The van der Waals surface area contributed by atoms with Crippen LogP contribution in [0.25, 0.3) is 6.08 Å². The minimum Gasteiger partial charge on any atom is -0.406 e. The molecule has 5 nitrogen and oxygen atoms in total. The summed E-state index contributed by atoms with van der Waals surface area (Å²) in [6.07, 6.45) is 3.12. The summed E-state index contributed by atoms with van der Waals surface area (Å²) in [5.74, 6) is -1.38. The molecule has 0 spiro atoms. The van der Waals surface area contributed by atoms with Crippen molar-refractivity contribution in [3.8, 4) is 5.75 Å². The number of rotatable bonds is 6. The number of carbonyl (C=O) groups excluding carboxylic acids is 1. The van der Waals surface area contributed by atoms with Crippen molar-refractivity contribution in [2.24, 2.45) is 5.92 Å². The molecule has 4 atom stereocenters. The number of nitrogens with one attached hydrogen (secondary N) is 1. The van der Waals surface area contributed by atoms with Gasteiger partial charge in [0.15, 0.2) is 0 Å². The predicted octanol–water partition coefficient (Wildman–Crippen LogP) is 5.25. The van der Waals surface area contributed by atoms with Gasteiger partial charge < -0.3 is 14.9 Å². The van der Waals surface area contributed by atoms with Gasteiger partial charge >= 0.3 is 6.36 Å². The maximum Gasteiger partial charge on any atom is 0.573 e. The molecule has 2 aliphatic rings. The Kier molecular flexibility index (Phi) is 7.11. The van der Waals surface area contributed by atoms with Crippen LogP contribution >= 0.6 is 30.7 Å². The lowest BCUT2D eigenvalue weighted by molar-refractivity contribution is -0.274. The average molecular weight is 492 g/mol. The van der Waals surface area contributed by atoms with Crippen LogP contribution in [0.5, 0.6) is 5.75 Å². The van der Waals surface area contributed by atoms with Gasteiger partial charge in [0.05, 0.1) is 0 Å². The molecule has 0 radical (unpaired) electrons. The normalized spacial score (nSPS) is 23.5. The van der Waals surface area contributed by atoms with Crippen LogP contribution in [0.3, 0.4) is 0 Å². The first kappa shape index (κ1) is 23.7. The zero-order chi connectivity index (χ0) is 22.8. The summed E-state index contributed by atoms with van der Waals surface area (Å²) in [6, 6.07) is 5.18. The Morgan fingerprint density at radius 3 is 2.84 bits per heavy atom. The Labute approximate surface area is 186 Å². The van der Waals surface area contributed by atoms with Gasteiger partial charge in [0.1, 0.15) is 11.4 Å². The van der Waals surface area contributed by atoms with Crippen molar-refractivity contribution >= 4 is 42.7 Å². The van der Waals surface area contributed by atoms with Gasteiger partial charge in [-0.2, -0.15) is 0 Å². The molecule has 1 amide bonds. The number of carbonyl (C=O) groups is 1. The lowest BCUT2D eigenvalue weighted by Crippen LogP contribution is -2.35. The van der Waals surface area contributed by atoms with E-state index >= 15 is 0 Å². The highest BCUT2D eigenvalue weighted by atomic mass is 35.5. The lowest BCUT2D eigenvalue weighted by atomic mass is 9.90. The second-order valence-electron chi connectivity index (χ2n) is 6.96. The molecule has 0 fully saturated rings. The van der Waals surface area contributed by atoms with Gasteiger partial charge in [-0.25, -0.2) is 0 Å². The van der Waals surface area contributed by atoms with Crippen molar-refractivity contribution in [2.75, 3.05) is 6.66 Å². The van der Waals surface area contributed by atoms with Gasteiger partial charge in [-0.1, -0.05) is 35.9 Å². The van der Waals surface area contributed by atoms with E-state index in [1.54, 1.807) is 17.6 Å². The number of fused-ring (bicyclic) bond motifs is 1. The lowest BCUT2D eigenvalue weighted by Gasteiger charge is -2.26. The summed E-state index contributed by atoms with van der Waals surface area (Å²) in [7, 11) is -3.88. The molecule has 3 rings (SSSR count). The maximum atomic E-state index is 12.8. The summed E-state index contributed by atoms with van der Waals surface area (Å²) in [4.78, 5) is 23.0. The van der Waals surface area contributed by atoms with E-state index in [-0.39, 0.29) is 11.2 Å². The van der Waals surface area contributed by atoms with Gasteiger partial charge in [-0.05, 0) is 40.8 Å². The third kappa shape index (κ3) is 6.29. The number of hydrogen-bond donors (Lipinski definition) is 2. The topological polar surface area (TPSA) is 75.6 Å². The van der Waals surface area contributed by atoms with Crippen molar-refractivity contribution < 1.29 is 32.2 Å². The molecule has 4 unspecified atom stereocenters. The van der Waals surface area contributed by atoms with Crippen LogP contribution in [0.1, 0.15) is 5.56 Å². The molecule has 1 heterocycles. The van der Waals surface area contributed by atoms with Crippen molar-refractivity contribution in [1.29, 1.82) is 0 Å². The van der Waals surface area contributed by atoms with E-state index in [0.29, 0.717) is 16.2 Å². The number of benzene rings is 1. The zero-order valence-corrected chi connectivity index (χ0v) is 18.5. The zero-order valence-electron chi connectivity index (χ0n) is 16.0. The van der Waals surface area contributed by atoms with Crippen LogP contribution in [0, 0.1) is 5.92 Å². The van der Waals surface area contributed by atoms with E-state index in [1.807, 2.05) is 6.08 Å². The molecular weight excluding hydrogens is 474 g/mol. The Morgan fingerprint density at radius 2 is 2.16 bits per heavy atom. The molecule has 2 N–H and O–H groups in total. The Hall–Kier alpha value is -1.93. The van der Waals surface area contributed by atoms with E-state index in [2.05, 4.69) is 10.1 Å². The minimum atomic E-state index is -4.82. The van der Waals surface area contributed by atoms with Crippen LogP contribution in [-0.4, -0.2) is 34.7 Å². The number of allylic oxidation sites excluding steroid dienone is 3. The number of hydrogen-bond acceptors (Lipinski definition) is 4. The second-order valence-corrected chi connectivity index (χ2v) is 10.9. The third-order valence-corrected chi connectivity index (χ3v) is 7.44. The molecule has 166 valence electrons. The Bertz CT molecular complexity index is 1030. The van der Waals surface area contributed by atoms with E-state index in [9.17, 15) is 27.4 Å². The molecular formula is C20H18ClF3NO4PS. The number of halogens is 4. The smallest absolute Gasteiger partial charge is 0.406 e. The van der Waals surface area contributed by atoms with Gasteiger partial charge in [0.25, 0.3) is 0 Å². The SMILES string of the molecule is CP(=O)(O)C(C(=O)N/C=C/c1cccc(OC(F)(F)F)c1)C1=CSC2C=CC(Cl)=CC12. The Morgan fingerprint density at radius 1 is 1.42 bits per heavy atom. The second kappa shape index (κ2) is 9.28. The van der Waals surface area contributed by atoms with Gasteiger partial charge in [0.2, 0.25) is 13.3 Å². The first-order valence-corrected chi connectivity index (χ1v) is 12.5. The van der Waals surface area contributed by atoms with Gasteiger partial charge in [-0.3, -0.25) is 9.36 Å². The minimum absolute atomic E-state index is 0.00809. The molecule has 0 saturated carbocycles. The first-order chi connectivity index (χ1) is 14.4. The summed E-state index contributed by atoms with van der Waals surface area (Å²) < 4.78 is 53.4. The van der Waals surface area contributed by atoms with E-state index < -0.39 is 31.0 Å². The number of ether oxygens (including phenoxy) is 1. The predicted molar refractivity (Wildman–Crippen MR) is 116 cm³/mol. The van der Waals surface area contributed by atoms with Crippen LogP contribution in [-0.2, 0) is 9.36 Å². The largest absolute Gasteiger partial charge is 0.573 e. The number of alkyl halides is 3.